The van der Waals surface area contributed by atoms with Crippen LogP contribution >= 0.6 is 0 Å². The van der Waals surface area contributed by atoms with Gasteiger partial charge in [0.05, 0.1) is 0 Å². The van der Waals surface area contributed by atoms with Crippen molar-refractivity contribution in [2.75, 3.05) is 26.0 Å². The van der Waals surface area contributed by atoms with Gasteiger partial charge in [-0.1, -0.05) is 6.07 Å². The molecular weight excluding hydrogens is 316 g/mol. The van der Waals surface area contributed by atoms with Gasteiger partial charge in [-0.05, 0) is 67.8 Å². The summed E-state index contributed by atoms with van der Waals surface area (Å²) in [6, 6.07) is 10.8. The monoisotopic (exact) mass is 340 g/mol. The van der Waals surface area contributed by atoms with Crippen molar-refractivity contribution in [3.8, 4) is 5.75 Å². The lowest BCUT2D eigenvalue weighted by Crippen LogP contribution is -2.22. The van der Waals surface area contributed by atoms with Crippen molar-refractivity contribution in [3.05, 3.63) is 58.7 Å². The molecule has 0 unspecified atom stereocenters. The molecule has 0 saturated heterocycles. The molecule has 0 spiro atoms. The number of rotatable bonds is 5. The van der Waals surface area contributed by atoms with Crippen molar-refractivity contribution in [2.24, 2.45) is 0 Å². The molecule has 5 nitrogen and oxygen atoms in total. The number of amides is 2. The first-order valence-corrected chi connectivity index (χ1v) is 8.10. The summed E-state index contributed by atoms with van der Waals surface area (Å²) in [4.78, 5) is 25.4. The summed E-state index contributed by atoms with van der Waals surface area (Å²) < 4.78 is 5.65. The highest BCUT2D eigenvalue weighted by molar-refractivity contribution is 5.95. The van der Waals surface area contributed by atoms with E-state index in [9.17, 15) is 9.59 Å². The van der Waals surface area contributed by atoms with Gasteiger partial charge in [-0.3, -0.25) is 9.59 Å². The van der Waals surface area contributed by atoms with Gasteiger partial charge < -0.3 is 15.0 Å². The number of benzene rings is 2. The normalized spacial score (nSPS) is 10.3. The topological polar surface area (TPSA) is 58.6 Å². The molecule has 0 atom stereocenters. The fourth-order valence-corrected chi connectivity index (χ4v) is 2.45. The number of aryl methyl sites for hydroxylation is 2. The minimum Gasteiger partial charge on any atom is -0.483 e. The summed E-state index contributed by atoms with van der Waals surface area (Å²) in [5.74, 6) is 0.399. The molecule has 5 heteroatoms. The zero-order valence-electron chi connectivity index (χ0n) is 15.3. The van der Waals surface area contributed by atoms with E-state index >= 15 is 0 Å². The minimum absolute atomic E-state index is 0.0673. The second kappa shape index (κ2) is 7.83. The summed E-state index contributed by atoms with van der Waals surface area (Å²) in [7, 11) is 3.40. The van der Waals surface area contributed by atoms with E-state index < -0.39 is 0 Å². The summed E-state index contributed by atoms with van der Waals surface area (Å²) in [6.07, 6.45) is 0. The smallest absolute Gasteiger partial charge is 0.262 e. The van der Waals surface area contributed by atoms with E-state index in [-0.39, 0.29) is 18.4 Å². The molecule has 1 N–H and O–H groups in total. The Morgan fingerprint density at radius 3 is 2.28 bits per heavy atom. The first kappa shape index (κ1) is 18.5. The summed E-state index contributed by atoms with van der Waals surface area (Å²) >= 11 is 0. The van der Waals surface area contributed by atoms with Gasteiger partial charge in [-0.2, -0.15) is 0 Å². The van der Waals surface area contributed by atoms with Gasteiger partial charge in [-0.25, -0.2) is 0 Å². The maximum atomic E-state index is 12.1. The van der Waals surface area contributed by atoms with Crippen molar-refractivity contribution in [2.45, 2.75) is 20.8 Å². The van der Waals surface area contributed by atoms with Crippen LogP contribution in [-0.2, 0) is 4.79 Å². The fourth-order valence-electron chi connectivity index (χ4n) is 2.45. The fraction of sp³-hybridized carbons (Fsp3) is 0.300. The Bertz CT molecular complexity index is 780. The molecule has 0 bridgehead atoms. The number of hydrogen-bond acceptors (Lipinski definition) is 3. The highest BCUT2D eigenvalue weighted by Crippen LogP contribution is 2.23. The van der Waals surface area contributed by atoms with Crippen LogP contribution in [0.15, 0.2) is 36.4 Å². The van der Waals surface area contributed by atoms with E-state index in [1.807, 2.05) is 26.8 Å². The molecule has 2 rings (SSSR count). The van der Waals surface area contributed by atoms with Crippen LogP contribution in [0.4, 0.5) is 5.69 Å². The molecule has 0 aliphatic rings. The molecule has 0 aliphatic carbocycles. The quantitative estimate of drug-likeness (QED) is 0.908. The Kier molecular flexibility index (Phi) is 5.80. The van der Waals surface area contributed by atoms with Gasteiger partial charge in [0.2, 0.25) is 0 Å². The highest BCUT2D eigenvalue weighted by Gasteiger charge is 2.10. The number of carbonyl (C=O) groups excluding carboxylic acids is 2. The molecule has 0 saturated carbocycles. The number of nitrogens with one attached hydrogen (secondary N) is 1. The molecule has 0 radical (unpaired) electrons. The van der Waals surface area contributed by atoms with Crippen molar-refractivity contribution in [3.63, 3.8) is 0 Å². The molecule has 25 heavy (non-hydrogen) atoms. The standard InChI is InChI=1S/C20H24N2O3/c1-13-10-14(2)15(3)18(11-13)25-12-19(23)21-17-8-6-16(7-9-17)20(24)22(4)5/h6-11H,12H2,1-5H3,(H,21,23). The maximum absolute atomic E-state index is 12.1. The van der Waals surface area contributed by atoms with Gasteiger partial charge in [0, 0.05) is 25.3 Å². The first-order valence-electron chi connectivity index (χ1n) is 8.10. The van der Waals surface area contributed by atoms with Crippen LogP contribution in [0.1, 0.15) is 27.0 Å². The number of anilines is 1. The molecule has 2 aromatic carbocycles. The van der Waals surface area contributed by atoms with Gasteiger partial charge in [0.25, 0.3) is 11.8 Å². The first-order chi connectivity index (χ1) is 11.8. The van der Waals surface area contributed by atoms with Crippen LogP contribution in [0.3, 0.4) is 0 Å². The van der Waals surface area contributed by atoms with Crippen molar-refractivity contribution >= 4 is 17.5 Å². The average molecular weight is 340 g/mol. The molecule has 0 heterocycles. The Labute approximate surface area is 148 Å². The zero-order valence-corrected chi connectivity index (χ0v) is 15.3. The van der Waals surface area contributed by atoms with Gasteiger partial charge in [0.15, 0.2) is 6.61 Å². The SMILES string of the molecule is Cc1cc(C)c(C)c(OCC(=O)Nc2ccc(C(=O)N(C)C)cc2)c1. The lowest BCUT2D eigenvalue weighted by Gasteiger charge is -2.13. The van der Waals surface area contributed by atoms with Crippen LogP contribution in [0.2, 0.25) is 0 Å². The van der Waals surface area contributed by atoms with E-state index in [1.165, 1.54) is 4.90 Å². The second-order valence-corrected chi connectivity index (χ2v) is 6.32. The van der Waals surface area contributed by atoms with Crippen LogP contribution in [0.25, 0.3) is 0 Å². The Hall–Kier alpha value is -2.82. The third kappa shape index (κ3) is 4.83. The third-order valence-electron chi connectivity index (χ3n) is 3.94. The Balaban J connectivity index is 1.96. The number of nitrogens with zero attached hydrogens (tertiary/aromatic N) is 1. The van der Waals surface area contributed by atoms with Crippen LogP contribution < -0.4 is 10.1 Å². The van der Waals surface area contributed by atoms with Gasteiger partial charge in [0.1, 0.15) is 5.75 Å². The molecule has 0 fully saturated rings. The molecule has 0 aliphatic heterocycles. The van der Waals surface area contributed by atoms with Gasteiger partial charge >= 0.3 is 0 Å². The Morgan fingerprint density at radius 2 is 1.68 bits per heavy atom. The number of carbonyl (C=O) groups is 2. The third-order valence-corrected chi connectivity index (χ3v) is 3.94. The number of ether oxygens (including phenoxy) is 1. The molecule has 0 aromatic heterocycles. The van der Waals surface area contributed by atoms with E-state index in [0.29, 0.717) is 11.3 Å². The number of hydrogen-bond donors (Lipinski definition) is 1. The Morgan fingerprint density at radius 1 is 1.04 bits per heavy atom. The zero-order chi connectivity index (χ0) is 18.6. The molecular formula is C20H24N2O3. The van der Waals surface area contributed by atoms with Crippen molar-refractivity contribution < 1.29 is 14.3 Å². The summed E-state index contributed by atoms with van der Waals surface area (Å²) in [5, 5.41) is 2.77. The average Bonchev–Trinajstić information content (AvgIpc) is 2.56. The van der Waals surface area contributed by atoms with Crippen LogP contribution in [0.5, 0.6) is 5.75 Å². The van der Waals surface area contributed by atoms with Crippen LogP contribution in [0, 0.1) is 20.8 Å². The van der Waals surface area contributed by atoms with E-state index in [2.05, 4.69) is 11.4 Å². The predicted octanol–water partition coefficient (Wildman–Crippen LogP) is 3.33. The highest BCUT2D eigenvalue weighted by atomic mass is 16.5. The summed E-state index contributed by atoms with van der Waals surface area (Å²) in [6.45, 7) is 5.92. The maximum Gasteiger partial charge on any atom is 0.262 e. The van der Waals surface area contributed by atoms with E-state index in [0.717, 1.165) is 22.4 Å². The predicted molar refractivity (Wildman–Crippen MR) is 99.2 cm³/mol. The van der Waals surface area contributed by atoms with Crippen molar-refractivity contribution in [1.82, 2.24) is 4.90 Å². The molecule has 132 valence electrons. The van der Waals surface area contributed by atoms with Crippen LogP contribution in [-0.4, -0.2) is 37.4 Å². The largest absolute Gasteiger partial charge is 0.483 e. The lowest BCUT2D eigenvalue weighted by atomic mass is 10.1. The molecule has 2 amide bonds. The second-order valence-electron chi connectivity index (χ2n) is 6.32. The van der Waals surface area contributed by atoms with E-state index in [4.69, 9.17) is 4.74 Å². The minimum atomic E-state index is -0.245. The van der Waals surface area contributed by atoms with Crippen molar-refractivity contribution in [1.29, 1.82) is 0 Å². The summed E-state index contributed by atoms with van der Waals surface area (Å²) in [5.41, 5.74) is 4.47. The van der Waals surface area contributed by atoms with Gasteiger partial charge in [-0.15, -0.1) is 0 Å². The van der Waals surface area contributed by atoms with E-state index in [1.54, 1.807) is 38.4 Å². The molecule has 2 aromatic rings. The lowest BCUT2D eigenvalue weighted by molar-refractivity contribution is -0.118.